The summed E-state index contributed by atoms with van der Waals surface area (Å²) in [7, 11) is 0.200. The van der Waals surface area contributed by atoms with Crippen LogP contribution in [0.15, 0.2) is 53.7 Å². The lowest BCUT2D eigenvalue weighted by atomic mass is 10.2. The lowest BCUT2D eigenvalue weighted by Gasteiger charge is -2.12. The van der Waals surface area contributed by atoms with Gasteiger partial charge in [0.15, 0.2) is 0 Å². The molecular formula is C18H21N5O3S. The molecule has 8 nitrogen and oxygen atoms in total. The summed E-state index contributed by atoms with van der Waals surface area (Å²) in [6.45, 7) is 1.74. The number of likely N-dealkylation sites (N-methyl/N-ethyl adjacent to an activating group) is 1. The quantitative estimate of drug-likeness (QED) is 0.666. The molecule has 3 aromatic rings. The third-order valence-electron chi connectivity index (χ3n) is 4.12. The number of primary sulfonamides is 1. The van der Waals surface area contributed by atoms with Crippen molar-refractivity contribution >= 4 is 32.5 Å². The maximum Gasteiger partial charge on any atom is 0.274 e. The van der Waals surface area contributed by atoms with Crippen LogP contribution in [0.25, 0.3) is 10.9 Å². The van der Waals surface area contributed by atoms with E-state index in [2.05, 4.69) is 19.8 Å². The molecule has 0 unspecified atom stereocenters. The Balaban J connectivity index is 1.79. The van der Waals surface area contributed by atoms with Crippen molar-refractivity contribution in [2.75, 3.05) is 26.0 Å². The van der Waals surface area contributed by atoms with Gasteiger partial charge in [0.05, 0.1) is 5.52 Å². The van der Waals surface area contributed by atoms with Gasteiger partial charge in [-0.3, -0.25) is 4.79 Å². The first-order chi connectivity index (χ1) is 12.7. The van der Waals surface area contributed by atoms with E-state index in [9.17, 15) is 13.2 Å². The minimum Gasteiger partial charge on any atom is -0.346 e. The molecule has 3 rings (SSSR count). The van der Waals surface area contributed by atoms with E-state index in [0.29, 0.717) is 5.69 Å². The summed E-state index contributed by atoms with van der Waals surface area (Å²) >= 11 is 0. The van der Waals surface area contributed by atoms with Crippen molar-refractivity contribution in [1.82, 2.24) is 14.5 Å². The second-order valence-corrected chi connectivity index (χ2v) is 8.03. The molecule has 0 atom stereocenters. The van der Waals surface area contributed by atoms with Gasteiger partial charge in [-0.25, -0.2) is 18.5 Å². The number of rotatable bonds is 6. The van der Waals surface area contributed by atoms with Gasteiger partial charge >= 0.3 is 0 Å². The maximum absolute atomic E-state index is 12.4. The van der Waals surface area contributed by atoms with E-state index in [4.69, 9.17) is 5.14 Å². The van der Waals surface area contributed by atoms with Crippen molar-refractivity contribution < 1.29 is 13.2 Å². The fraction of sp³-hybridized carbons (Fsp3) is 0.222. The van der Waals surface area contributed by atoms with Gasteiger partial charge in [0.1, 0.15) is 10.6 Å². The van der Waals surface area contributed by atoms with Crippen LogP contribution in [-0.4, -0.2) is 49.4 Å². The van der Waals surface area contributed by atoms with Crippen LogP contribution in [0.3, 0.4) is 0 Å². The molecular weight excluding hydrogens is 366 g/mol. The topological polar surface area (TPSA) is 110 Å². The number of anilines is 1. The van der Waals surface area contributed by atoms with E-state index in [1.807, 2.05) is 44.6 Å². The number of amides is 1. The van der Waals surface area contributed by atoms with E-state index >= 15 is 0 Å². The summed E-state index contributed by atoms with van der Waals surface area (Å²) in [6, 6.07) is 10.3. The zero-order valence-corrected chi connectivity index (χ0v) is 15.9. The Morgan fingerprint density at radius 2 is 2.00 bits per heavy atom. The standard InChI is InChI=1S/C18H21N5O3S/c1-22(2)9-10-23-8-7-13-3-4-14(11-17(13)23)21-18(24)16-6-5-15(12-20-16)27(19,25)26/h3-8,11-12H,9-10H2,1-2H3,(H,21,24)(H2,19,25,26). The lowest BCUT2D eigenvalue weighted by molar-refractivity contribution is 0.102. The number of benzene rings is 1. The van der Waals surface area contributed by atoms with E-state index in [1.54, 1.807) is 0 Å². The molecule has 142 valence electrons. The number of hydrogen-bond acceptors (Lipinski definition) is 5. The van der Waals surface area contributed by atoms with Gasteiger partial charge in [-0.1, -0.05) is 6.07 Å². The Labute approximate surface area is 157 Å². The van der Waals surface area contributed by atoms with Crippen LogP contribution < -0.4 is 10.5 Å². The molecule has 0 aliphatic heterocycles. The monoisotopic (exact) mass is 387 g/mol. The molecule has 0 saturated carbocycles. The Kier molecular flexibility index (Phi) is 5.26. The highest BCUT2D eigenvalue weighted by atomic mass is 32.2. The number of pyridine rings is 1. The highest BCUT2D eigenvalue weighted by molar-refractivity contribution is 7.89. The molecule has 3 N–H and O–H groups in total. The molecule has 0 fully saturated rings. The molecule has 27 heavy (non-hydrogen) atoms. The summed E-state index contributed by atoms with van der Waals surface area (Å²) in [5.74, 6) is -0.429. The summed E-state index contributed by atoms with van der Waals surface area (Å²) in [4.78, 5) is 18.2. The summed E-state index contributed by atoms with van der Waals surface area (Å²) in [6.07, 6.45) is 3.09. The molecule has 2 aromatic heterocycles. The van der Waals surface area contributed by atoms with E-state index in [0.717, 1.165) is 30.2 Å². The average Bonchev–Trinajstić information content (AvgIpc) is 3.01. The van der Waals surface area contributed by atoms with Crippen molar-refractivity contribution in [2.45, 2.75) is 11.4 Å². The fourth-order valence-corrected chi connectivity index (χ4v) is 3.10. The molecule has 0 aliphatic rings. The second-order valence-electron chi connectivity index (χ2n) is 6.46. The first-order valence-electron chi connectivity index (χ1n) is 8.28. The summed E-state index contributed by atoms with van der Waals surface area (Å²) < 4.78 is 24.7. The van der Waals surface area contributed by atoms with Crippen LogP contribution in [0.4, 0.5) is 5.69 Å². The Bertz CT molecular complexity index is 1070. The first-order valence-corrected chi connectivity index (χ1v) is 9.82. The smallest absolute Gasteiger partial charge is 0.274 e. The van der Waals surface area contributed by atoms with Gasteiger partial charge in [-0.15, -0.1) is 0 Å². The lowest BCUT2D eigenvalue weighted by Crippen LogP contribution is -2.18. The number of carbonyl (C=O) groups is 1. The van der Waals surface area contributed by atoms with Crippen LogP contribution in [-0.2, 0) is 16.6 Å². The number of sulfonamides is 1. The number of nitrogens with one attached hydrogen (secondary N) is 1. The van der Waals surface area contributed by atoms with Gasteiger partial charge in [-0.2, -0.15) is 0 Å². The zero-order valence-electron chi connectivity index (χ0n) is 15.1. The molecule has 1 aromatic carbocycles. The molecule has 0 radical (unpaired) electrons. The number of nitrogens with zero attached hydrogens (tertiary/aromatic N) is 3. The molecule has 0 bridgehead atoms. The maximum atomic E-state index is 12.4. The number of nitrogens with two attached hydrogens (primary N) is 1. The highest BCUT2D eigenvalue weighted by Crippen LogP contribution is 2.21. The third kappa shape index (κ3) is 4.51. The Hall–Kier alpha value is -2.75. The fourth-order valence-electron chi connectivity index (χ4n) is 2.64. The van der Waals surface area contributed by atoms with Crippen molar-refractivity contribution in [2.24, 2.45) is 5.14 Å². The van der Waals surface area contributed by atoms with Crippen LogP contribution >= 0.6 is 0 Å². The number of fused-ring (bicyclic) bond motifs is 1. The van der Waals surface area contributed by atoms with Crippen molar-refractivity contribution in [3.05, 3.63) is 54.5 Å². The van der Waals surface area contributed by atoms with Crippen molar-refractivity contribution in [3.8, 4) is 0 Å². The Morgan fingerprint density at radius 3 is 2.63 bits per heavy atom. The van der Waals surface area contributed by atoms with Gasteiger partial charge < -0.3 is 14.8 Å². The van der Waals surface area contributed by atoms with Gasteiger partial charge in [0, 0.05) is 31.2 Å². The minimum atomic E-state index is -3.84. The molecule has 9 heteroatoms. The second kappa shape index (κ2) is 7.47. The van der Waals surface area contributed by atoms with Gasteiger partial charge in [0.2, 0.25) is 10.0 Å². The van der Waals surface area contributed by atoms with Crippen molar-refractivity contribution in [1.29, 1.82) is 0 Å². The summed E-state index contributed by atoms with van der Waals surface area (Å²) in [5.41, 5.74) is 1.76. The van der Waals surface area contributed by atoms with Crippen LogP contribution in [0, 0.1) is 0 Å². The first kappa shape index (κ1) is 19.0. The molecule has 0 aliphatic carbocycles. The normalized spacial score (nSPS) is 11.9. The predicted octanol–water partition coefficient (Wildman–Crippen LogP) is 1.50. The van der Waals surface area contributed by atoms with Gasteiger partial charge in [-0.05, 0) is 49.8 Å². The number of hydrogen-bond donors (Lipinski definition) is 2. The van der Waals surface area contributed by atoms with E-state index in [-0.39, 0.29) is 10.6 Å². The number of aromatic nitrogens is 2. The van der Waals surface area contributed by atoms with Crippen LogP contribution in [0.1, 0.15) is 10.5 Å². The molecule has 0 spiro atoms. The minimum absolute atomic E-state index is 0.102. The third-order valence-corrected chi connectivity index (χ3v) is 5.02. The predicted molar refractivity (Wildman–Crippen MR) is 104 cm³/mol. The van der Waals surface area contributed by atoms with E-state index in [1.165, 1.54) is 12.1 Å². The molecule has 0 saturated heterocycles. The average molecular weight is 387 g/mol. The SMILES string of the molecule is CN(C)CCn1ccc2ccc(NC(=O)c3ccc(S(N)(=O)=O)cn3)cc21. The summed E-state index contributed by atoms with van der Waals surface area (Å²) in [5, 5.41) is 8.90. The van der Waals surface area contributed by atoms with Crippen LogP contribution in [0.2, 0.25) is 0 Å². The van der Waals surface area contributed by atoms with Crippen LogP contribution in [0.5, 0.6) is 0 Å². The molecule has 1 amide bonds. The van der Waals surface area contributed by atoms with Gasteiger partial charge in [0.25, 0.3) is 5.91 Å². The molecule has 2 heterocycles. The zero-order chi connectivity index (χ0) is 19.6. The van der Waals surface area contributed by atoms with Crippen molar-refractivity contribution in [3.63, 3.8) is 0 Å². The number of carbonyl (C=O) groups excluding carboxylic acids is 1. The highest BCUT2D eigenvalue weighted by Gasteiger charge is 2.12. The Morgan fingerprint density at radius 1 is 1.22 bits per heavy atom. The van der Waals surface area contributed by atoms with E-state index < -0.39 is 15.9 Å². The largest absolute Gasteiger partial charge is 0.346 e.